The minimum absolute atomic E-state index is 0.0825. The minimum Gasteiger partial charge on any atom is -0.481 e. The van der Waals surface area contributed by atoms with Gasteiger partial charge in [0.25, 0.3) is 0 Å². The van der Waals surface area contributed by atoms with Crippen molar-refractivity contribution in [3.05, 3.63) is 23.9 Å². The molecule has 0 spiro atoms. The van der Waals surface area contributed by atoms with Gasteiger partial charge in [-0.25, -0.2) is 0 Å². The molecule has 5 heteroatoms. The minimum atomic E-state index is -0.839. The Morgan fingerprint density at radius 3 is 2.94 bits per heavy atom. The van der Waals surface area contributed by atoms with Crippen molar-refractivity contribution < 1.29 is 14.7 Å². The Bertz CT molecular complexity index is 334. The van der Waals surface area contributed by atoms with Crippen molar-refractivity contribution >= 4 is 11.9 Å². The molecular formula is C11H16N2O3. The fraction of sp³-hybridized carbons (Fsp3) is 0.455. The summed E-state index contributed by atoms with van der Waals surface area (Å²) in [5.74, 6) is -0.963. The molecule has 0 radical (unpaired) electrons. The number of nitrogens with zero attached hydrogens (tertiary/aromatic N) is 1. The molecule has 0 aromatic rings. The lowest BCUT2D eigenvalue weighted by Gasteiger charge is -2.19. The molecule has 0 aromatic heterocycles. The molecule has 0 aliphatic carbocycles. The van der Waals surface area contributed by atoms with Crippen molar-refractivity contribution in [1.29, 1.82) is 0 Å². The van der Waals surface area contributed by atoms with Crippen molar-refractivity contribution in [3.8, 4) is 0 Å². The SMILES string of the molecule is CN1C=CC=C(C(=O)NCCCC(=O)O)C1. The Labute approximate surface area is 94.4 Å². The van der Waals surface area contributed by atoms with Gasteiger partial charge < -0.3 is 15.3 Å². The third-order valence-corrected chi connectivity index (χ3v) is 2.20. The fourth-order valence-electron chi connectivity index (χ4n) is 1.38. The molecule has 1 rings (SSSR count). The Hall–Kier alpha value is -1.78. The molecule has 0 unspecified atom stereocenters. The van der Waals surface area contributed by atoms with Gasteiger partial charge in [-0.15, -0.1) is 0 Å². The molecular weight excluding hydrogens is 208 g/mol. The molecule has 2 N–H and O–H groups in total. The third kappa shape index (κ3) is 4.16. The summed E-state index contributed by atoms with van der Waals surface area (Å²) < 4.78 is 0. The zero-order chi connectivity index (χ0) is 12.0. The first-order valence-corrected chi connectivity index (χ1v) is 5.17. The van der Waals surface area contributed by atoms with Crippen LogP contribution in [0.15, 0.2) is 23.9 Å². The molecule has 0 bridgehead atoms. The van der Waals surface area contributed by atoms with Crippen molar-refractivity contribution in [2.45, 2.75) is 12.8 Å². The summed E-state index contributed by atoms with van der Waals surface area (Å²) in [6.45, 7) is 0.983. The molecule has 1 heterocycles. The van der Waals surface area contributed by atoms with E-state index in [4.69, 9.17) is 5.11 Å². The number of rotatable bonds is 5. The summed E-state index contributed by atoms with van der Waals surface area (Å²) in [6.07, 6.45) is 6.02. The molecule has 0 atom stereocenters. The maximum absolute atomic E-state index is 11.6. The number of aliphatic carboxylic acids is 1. The van der Waals surface area contributed by atoms with Crippen LogP contribution >= 0.6 is 0 Å². The lowest BCUT2D eigenvalue weighted by Crippen LogP contribution is -2.31. The number of amides is 1. The van der Waals surface area contributed by atoms with Crippen molar-refractivity contribution in [3.63, 3.8) is 0 Å². The first kappa shape index (κ1) is 12.3. The van der Waals surface area contributed by atoms with Crippen molar-refractivity contribution in [1.82, 2.24) is 10.2 Å². The van der Waals surface area contributed by atoms with Crippen LogP contribution in [0.3, 0.4) is 0 Å². The molecule has 88 valence electrons. The molecule has 0 saturated carbocycles. The van der Waals surface area contributed by atoms with Crippen LogP contribution in [0, 0.1) is 0 Å². The number of carboxylic acids is 1. The number of likely N-dealkylation sites (N-methyl/N-ethyl adjacent to an activating group) is 1. The van der Waals surface area contributed by atoms with Gasteiger partial charge >= 0.3 is 5.97 Å². The molecule has 0 saturated heterocycles. The lowest BCUT2D eigenvalue weighted by molar-refractivity contribution is -0.137. The normalized spacial score (nSPS) is 14.6. The van der Waals surface area contributed by atoms with Crippen LogP contribution < -0.4 is 5.32 Å². The van der Waals surface area contributed by atoms with Crippen LogP contribution in [0.1, 0.15) is 12.8 Å². The van der Waals surface area contributed by atoms with E-state index >= 15 is 0 Å². The average molecular weight is 224 g/mol. The number of carboxylic acid groups (broad SMARTS) is 1. The van der Waals surface area contributed by atoms with E-state index in [1.807, 2.05) is 24.2 Å². The van der Waals surface area contributed by atoms with E-state index in [9.17, 15) is 9.59 Å². The van der Waals surface area contributed by atoms with Gasteiger partial charge in [0.2, 0.25) is 5.91 Å². The van der Waals surface area contributed by atoms with E-state index < -0.39 is 5.97 Å². The molecule has 0 fully saturated rings. The Balaban J connectivity index is 2.27. The van der Waals surface area contributed by atoms with Crippen LogP contribution in [0.25, 0.3) is 0 Å². The maximum Gasteiger partial charge on any atom is 0.303 e. The van der Waals surface area contributed by atoms with Crippen LogP contribution in [-0.2, 0) is 9.59 Å². The van der Waals surface area contributed by atoms with Gasteiger partial charge in [0, 0.05) is 32.1 Å². The third-order valence-electron chi connectivity index (χ3n) is 2.20. The van der Waals surface area contributed by atoms with Crippen LogP contribution in [0.2, 0.25) is 0 Å². The van der Waals surface area contributed by atoms with E-state index in [0.29, 0.717) is 25.1 Å². The monoisotopic (exact) mass is 224 g/mol. The zero-order valence-corrected chi connectivity index (χ0v) is 9.27. The highest BCUT2D eigenvalue weighted by Crippen LogP contribution is 2.05. The molecule has 1 aliphatic heterocycles. The number of nitrogens with one attached hydrogen (secondary N) is 1. The van der Waals surface area contributed by atoms with E-state index in [1.54, 1.807) is 6.08 Å². The van der Waals surface area contributed by atoms with Gasteiger partial charge in [-0.3, -0.25) is 9.59 Å². The number of hydrogen-bond donors (Lipinski definition) is 2. The van der Waals surface area contributed by atoms with Gasteiger partial charge in [-0.1, -0.05) is 6.08 Å². The summed E-state index contributed by atoms with van der Waals surface area (Å²) in [6, 6.07) is 0. The molecule has 0 aromatic carbocycles. The van der Waals surface area contributed by atoms with Crippen LogP contribution in [0.5, 0.6) is 0 Å². The Kier molecular flexibility index (Phi) is 4.57. The van der Waals surface area contributed by atoms with Crippen LogP contribution in [0.4, 0.5) is 0 Å². The van der Waals surface area contributed by atoms with Gasteiger partial charge in [0.15, 0.2) is 0 Å². The maximum atomic E-state index is 11.6. The highest BCUT2D eigenvalue weighted by atomic mass is 16.4. The first-order valence-electron chi connectivity index (χ1n) is 5.17. The topological polar surface area (TPSA) is 69.6 Å². The smallest absolute Gasteiger partial charge is 0.303 e. The second-order valence-electron chi connectivity index (χ2n) is 3.70. The lowest BCUT2D eigenvalue weighted by atomic mass is 10.1. The fourth-order valence-corrected chi connectivity index (χ4v) is 1.38. The first-order chi connectivity index (χ1) is 7.59. The highest BCUT2D eigenvalue weighted by Gasteiger charge is 2.11. The van der Waals surface area contributed by atoms with Crippen molar-refractivity contribution in [2.24, 2.45) is 0 Å². The van der Waals surface area contributed by atoms with Gasteiger partial charge in [0.05, 0.1) is 0 Å². The summed E-state index contributed by atoms with van der Waals surface area (Å²) >= 11 is 0. The Morgan fingerprint density at radius 2 is 2.31 bits per heavy atom. The van der Waals surface area contributed by atoms with E-state index in [2.05, 4.69) is 5.32 Å². The van der Waals surface area contributed by atoms with Crippen LogP contribution in [-0.4, -0.2) is 42.0 Å². The summed E-state index contributed by atoms with van der Waals surface area (Å²) in [7, 11) is 1.89. The standard InChI is InChI=1S/C11H16N2O3/c1-13-7-3-4-9(8-13)11(16)12-6-2-5-10(14)15/h3-4,7H,2,5-6,8H2,1H3,(H,12,16)(H,14,15). The van der Waals surface area contributed by atoms with E-state index in [0.717, 1.165) is 0 Å². The zero-order valence-electron chi connectivity index (χ0n) is 9.27. The largest absolute Gasteiger partial charge is 0.481 e. The molecule has 16 heavy (non-hydrogen) atoms. The second kappa shape index (κ2) is 5.95. The average Bonchev–Trinajstić information content (AvgIpc) is 2.24. The van der Waals surface area contributed by atoms with Gasteiger partial charge in [-0.05, 0) is 18.7 Å². The number of allylic oxidation sites excluding steroid dienone is 2. The number of carbonyl (C=O) groups excluding carboxylic acids is 1. The predicted octanol–water partition coefficient (Wildman–Crippen LogP) is 0.353. The number of hydrogen-bond acceptors (Lipinski definition) is 3. The Morgan fingerprint density at radius 1 is 1.56 bits per heavy atom. The molecule has 1 aliphatic rings. The summed E-state index contributed by atoms with van der Waals surface area (Å²) in [5, 5.41) is 11.1. The van der Waals surface area contributed by atoms with Gasteiger partial charge in [-0.2, -0.15) is 0 Å². The van der Waals surface area contributed by atoms with Crippen molar-refractivity contribution in [2.75, 3.05) is 20.1 Å². The highest BCUT2D eigenvalue weighted by molar-refractivity contribution is 5.94. The van der Waals surface area contributed by atoms with E-state index in [-0.39, 0.29) is 12.3 Å². The summed E-state index contributed by atoms with van der Waals surface area (Å²) in [5.41, 5.74) is 0.695. The summed E-state index contributed by atoms with van der Waals surface area (Å²) in [4.78, 5) is 23.8. The van der Waals surface area contributed by atoms with E-state index in [1.165, 1.54) is 0 Å². The quantitative estimate of drug-likeness (QED) is 0.661. The predicted molar refractivity (Wildman–Crippen MR) is 59.7 cm³/mol. The second-order valence-corrected chi connectivity index (χ2v) is 3.70. The molecule has 5 nitrogen and oxygen atoms in total. The number of carbonyl (C=O) groups is 2. The molecule has 1 amide bonds. The van der Waals surface area contributed by atoms with Gasteiger partial charge in [0.1, 0.15) is 0 Å².